The molecule has 0 aliphatic heterocycles. The van der Waals surface area contributed by atoms with Gasteiger partial charge in [0, 0.05) is 27.3 Å². The molecule has 30 heavy (non-hydrogen) atoms. The summed E-state index contributed by atoms with van der Waals surface area (Å²) in [4.78, 5) is 4.33. The standard InChI is InChI=1S/C23H19Br2FN4/c1-3-21(15-4-9-23(25)27-12-15)29-14(2)19-10-16(24)11-22-20(19)13-28-30(22)18-7-5-17(26)6-8-18/h4-13,21,29H,2-3H2,1H3. The van der Waals surface area contributed by atoms with E-state index in [1.54, 1.807) is 16.8 Å². The lowest BCUT2D eigenvalue weighted by Crippen LogP contribution is -2.19. The number of pyridine rings is 1. The predicted octanol–water partition coefficient (Wildman–Crippen LogP) is 6.80. The summed E-state index contributed by atoms with van der Waals surface area (Å²) in [5.74, 6) is -0.275. The van der Waals surface area contributed by atoms with Gasteiger partial charge in [-0.1, -0.05) is 35.5 Å². The van der Waals surface area contributed by atoms with Crippen molar-refractivity contribution in [2.24, 2.45) is 0 Å². The number of fused-ring (bicyclic) bond motifs is 1. The fourth-order valence-corrected chi connectivity index (χ4v) is 4.11. The molecule has 4 rings (SSSR count). The van der Waals surface area contributed by atoms with Gasteiger partial charge < -0.3 is 5.32 Å². The van der Waals surface area contributed by atoms with Gasteiger partial charge in [0.25, 0.3) is 0 Å². The molecule has 0 spiro atoms. The van der Waals surface area contributed by atoms with E-state index < -0.39 is 0 Å². The molecule has 7 heteroatoms. The van der Waals surface area contributed by atoms with E-state index in [9.17, 15) is 4.39 Å². The maximum absolute atomic E-state index is 13.3. The van der Waals surface area contributed by atoms with Crippen LogP contribution in [0.25, 0.3) is 22.3 Å². The number of hydrogen-bond donors (Lipinski definition) is 1. The summed E-state index contributed by atoms with van der Waals surface area (Å²) in [5.41, 5.74) is 4.55. The number of aromatic nitrogens is 3. The van der Waals surface area contributed by atoms with Crippen molar-refractivity contribution < 1.29 is 4.39 Å². The van der Waals surface area contributed by atoms with E-state index in [1.807, 2.05) is 30.6 Å². The summed E-state index contributed by atoms with van der Waals surface area (Å²) in [6, 6.07) is 14.4. The lowest BCUT2D eigenvalue weighted by molar-refractivity contribution is 0.612. The third kappa shape index (κ3) is 4.18. The molecule has 0 saturated carbocycles. The van der Waals surface area contributed by atoms with Gasteiger partial charge in [-0.25, -0.2) is 14.1 Å². The molecular weight excluding hydrogens is 511 g/mol. The summed E-state index contributed by atoms with van der Waals surface area (Å²) >= 11 is 6.99. The molecule has 0 aliphatic carbocycles. The first kappa shape index (κ1) is 20.8. The zero-order valence-corrected chi connectivity index (χ0v) is 19.4. The van der Waals surface area contributed by atoms with Gasteiger partial charge in [-0.15, -0.1) is 0 Å². The summed E-state index contributed by atoms with van der Waals surface area (Å²) in [6.45, 7) is 6.41. The Hall–Kier alpha value is -2.51. The number of benzene rings is 2. The topological polar surface area (TPSA) is 42.7 Å². The van der Waals surface area contributed by atoms with Gasteiger partial charge in [-0.05, 0) is 70.4 Å². The van der Waals surface area contributed by atoms with E-state index >= 15 is 0 Å². The fraction of sp³-hybridized carbons (Fsp3) is 0.130. The fourth-order valence-electron chi connectivity index (χ4n) is 3.43. The van der Waals surface area contributed by atoms with Crippen molar-refractivity contribution in [1.29, 1.82) is 0 Å². The van der Waals surface area contributed by atoms with Crippen LogP contribution in [0.2, 0.25) is 0 Å². The number of halogens is 3. The van der Waals surface area contributed by atoms with E-state index in [0.29, 0.717) is 0 Å². The number of rotatable bonds is 6. The highest BCUT2D eigenvalue weighted by Crippen LogP contribution is 2.31. The van der Waals surface area contributed by atoms with E-state index in [4.69, 9.17) is 0 Å². The maximum atomic E-state index is 13.3. The Kier molecular flexibility index (Phi) is 6.01. The van der Waals surface area contributed by atoms with Gasteiger partial charge in [-0.2, -0.15) is 5.10 Å². The third-order valence-corrected chi connectivity index (χ3v) is 5.89. The van der Waals surface area contributed by atoms with Gasteiger partial charge in [0.1, 0.15) is 10.4 Å². The van der Waals surface area contributed by atoms with Crippen molar-refractivity contribution in [3.63, 3.8) is 0 Å². The lowest BCUT2D eigenvalue weighted by atomic mass is 10.0. The Morgan fingerprint density at radius 3 is 2.57 bits per heavy atom. The first-order valence-corrected chi connectivity index (χ1v) is 11.1. The largest absolute Gasteiger partial charge is 0.378 e. The summed E-state index contributed by atoms with van der Waals surface area (Å²) in [6.07, 6.45) is 4.56. The minimum atomic E-state index is -0.275. The van der Waals surface area contributed by atoms with Crippen LogP contribution in [-0.2, 0) is 0 Å². The number of hydrogen-bond acceptors (Lipinski definition) is 3. The van der Waals surface area contributed by atoms with Crippen molar-refractivity contribution in [3.05, 3.63) is 93.5 Å². The zero-order valence-electron chi connectivity index (χ0n) is 16.2. The van der Waals surface area contributed by atoms with Crippen LogP contribution in [-0.4, -0.2) is 14.8 Å². The smallest absolute Gasteiger partial charge is 0.123 e. The molecule has 2 aromatic heterocycles. The Morgan fingerprint density at radius 1 is 1.13 bits per heavy atom. The van der Waals surface area contributed by atoms with E-state index in [2.05, 4.69) is 66.8 Å². The minimum absolute atomic E-state index is 0.0827. The van der Waals surface area contributed by atoms with Crippen molar-refractivity contribution >= 4 is 48.5 Å². The van der Waals surface area contributed by atoms with E-state index in [1.165, 1.54) is 12.1 Å². The van der Waals surface area contributed by atoms with Crippen LogP contribution in [0.4, 0.5) is 4.39 Å². The zero-order chi connectivity index (χ0) is 21.3. The lowest BCUT2D eigenvalue weighted by Gasteiger charge is -2.21. The maximum Gasteiger partial charge on any atom is 0.123 e. The van der Waals surface area contributed by atoms with Crippen molar-refractivity contribution in [3.8, 4) is 5.69 Å². The molecule has 0 fully saturated rings. The van der Waals surface area contributed by atoms with Crippen LogP contribution < -0.4 is 5.32 Å². The highest BCUT2D eigenvalue weighted by Gasteiger charge is 2.16. The van der Waals surface area contributed by atoms with Crippen molar-refractivity contribution in [2.45, 2.75) is 19.4 Å². The van der Waals surface area contributed by atoms with E-state index in [0.717, 1.165) is 48.9 Å². The quantitative estimate of drug-likeness (QED) is 0.279. The van der Waals surface area contributed by atoms with Crippen molar-refractivity contribution in [1.82, 2.24) is 20.1 Å². The van der Waals surface area contributed by atoms with Crippen molar-refractivity contribution in [2.75, 3.05) is 0 Å². The summed E-state index contributed by atoms with van der Waals surface area (Å²) in [5, 5.41) is 9.04. The summed E-state index contributed by atoms with van der Waals surface area (Å²) < 4.78 is 16.8. The van der Waals surface area contributed by atoms with Crippen LogP contribution in [0.3, 0.4) is 0 Å². The van der Waals surface area contributed by atoms with Crippen LogP contribution in [0.1, 0.15) is 30.5 Å². The Bertz CT molecular complexity index is 1200. The molecule has 0 aliphatic rings. The predicted molar refractivity (Wildman–Crippen MR) is 126 cm³/mol. The molecule has 2 heterocycles. The van der Waals surface area contributed by atoms with Crippen LogP contribution >= 0.6 is 31.9 Å². The molecule has 1 unspecified atom stereocenters. The average Bonchev–Trinajstić information content (AvgIpc) is 3.16. The first-order valence-electron chi connectivity index (χ1n) is 9.46. The van der Waals surface area contributed by atoms with Gasteiger partial charge >= 0.3 is 0 Å². The molecule has 1 atom stereocenters. The SMILES string of the molecule is C=C(NC(CC)c1ccc(Br)nc1)c1cc(Br)cc2c1cnn2-c1ccc(F)cc1. The highest BCUT2D eigenvalue weighted by atomic mass is 79.9. The molecular formula is C23H19Br2FN4. The normalized spacial score (nSPS) is 12.1. The molecule has 0 radical (unpaired) electrons. The van der Waals surface area contributed by atoms with Gasteiger partial charge in [-0.3, -0.25) is 0 Å². The van der Waals surface area contributed by atoms with Gasteiger partial charge in [0.05, 0.1) is 23.4 Å². The molecule has 0 amide bonds. The number of nitrogens with zero attached hydrogens (tertiary/aromatic N) is 3. The second-order valence-electron chi connectivity index (χ2n) is 6.92. The Morgan fingerprint density at radius 2 is 1.90 bits per heavy atom. The third-order valence-electron chi connectivity index (χ3n) is 4.96. The van der Waals surface area contributed by atoms with Gasteiger partial charge in [0.15, 0.2) is 0 Å². The number of nitrogens with one attached hydrogen (secondary N) is 1. The molecule has 0 bridgehead atoms. The molecule has 152 valence electrons. The molecule has 0 saturated heterocycles. The molecule has 1 N–H and O–H groups in total. The average molecular weight is 530 g/mol. The van der Waals surface area contributed by atoms with E-state index in [-0.39, 0.29) is 11.9 Å². The summed E-state index contributed by atoms with van der Waals surface area (Å²) in [7, 11) is 0. The molecule has 4 nitrogen and oxygen atoms in total. The molecule has 4 aromatic rings. The van der Waals surface area contributed by atoms with Crippen LogP contribution in [0.15, 0.2) is 76.6 Å². The minimum Gasteiger partial charge on any atom is -0.378 e. The monoisotopic (exact) mass is 528 g/mol. The Labute approximate surface area is 191 Å². The highest BCUT2D eigenvalue weighted by molar-refractivity contribution is 9.10. The van der Waals surface area contributed by atoms with Crippen LogP contribution in [0.5, 0.6) is 0 Å². The first-order chi connectivity index (χ1) is 14.5. The van der Waals surface area contributed by atoms with Gasteiger partial charge in [0.2, 0.25) is 0 Å². The Balaban J connectivity index is 1.70. The van der Waals surface area contributed by atoms with Crippen LogP contribution in [0, 0.1) is 5.82 Å². The second-order valence-corrected chi connectivity index (χ2v) is 8.65. The second kappa shape index (κ2) is 8.70. The molecule has 2 aromatic carbocycles.